The Labute approximate surface area is 109 Å². The van der Waals surface area contributed by atoms with Crippen LogP contribution in [0.2, 0.25) is 0 Å². The first-order valence-corrected chi connectivity index (χ1v) is 6.03. The summed E-state index contributed by atoms with van der Waals surface area (Å²) in [6.07, 6.45) is 0. The first-order valence-electron chi connectivity index (χ1n) is 6.03. The summed E-state index contributed by atoms with van der Waals surface area (Å²) in [5.74, 6) is -2.14. The van der Waals surface area contributed by atoms with Crippen molar-refractivity contribution in [3.05, 3.63) is 29.6 Å². The largest absolute Gasteiger partial charge is 0.478 e. The fraction of sp³-hybridized carbons (Fsp3) is 0.385. The van der Waals surface area contributed by atoms with Gasteiger partial charge in [0.1, 0.15) is 5.82 Å². The van der Waals surface area contributed by atoms with Gasteiger partial charge >= 0.3 is 5.97 Å². The van der Waals surface area contributed by atoms with Gasteiger partial charge in [0, 0.05) is 6.54 Å². The van der Waals surface area contributed by atoms with Crippen molar-refractivity contribution in [3.8, 4) is 0 Å². The summed E-state index contributed by atoms with van der Waals surface area (Å²) in [6, 6.07) is 3.22. The molecule has 5 nitrogen and oxygen atoms in total. The van der Waals surface area contributed by atoms with Crippen LogP contribution in [0, 0.1) is 17.7 Å². The second-order valence-electron chi connectivity index (χ2n) is 4.73. The van der Waals surface area contributed by atoms with Gasteiger partial charge in [0.2, 0.25) is 5.91 Å². The molecule has 0 saturated carbocycles. The summed E-state index contributed by atoms with van der Waals surface area (Å²) in [4.78, 5) is 23.1. The van der Waals surface area contributed by atoms with E-state index in [4.69, 9.17) is 5.11 Å². The topological polar surface area (TPSA) is 78.4 Å². The summed E-state index contributed by atoms with van der Waals surface area (Å²) in [5.41, 5.74) is -0.120. The van der Waals surface area contributed by atoms with Crippen LogP contribution in [0.1, 0.15) is 17.3 Å². The van der Waals surface area contributed by atoms with E-state index < -0.39 is 11.8 Å². The minimum Gasteiger partial charge on any atom is -0.478 e. The standard InChI is InChI=1S/C13H15FN2O3/c1-7-5-15-6-10(7)12(17)16-11-4-8(14)2-3-9(11)13(18)19/h2-4,7,10,15H,5-6H2,1H3,(H,16,17)(H,18,19)/t7-,10-/m1/s1. The van der Waals surface area contributed by atoms with E-state index in [1.54, 1.807) is 0 Å². The Morgan fingerprint density at radius 2 is 2.16 bits per heavy atom. The second kappa shape index (κ2) is 5.36. The van der Waals surface area contributed by atoms with Crippen LogP contribution in [0.5, 0.6) is 0 Å². The summed E-state index contributed by atoms with van der Waals surface area (Å²) < 4.78 is 13.2. The number of halogens is 1. The van der Waals surface area contributed by atoms with E-state index in [0.29, 0.717) is 6.54 Å². The fourth-order valence-electron chi connectivity index (χ4n) is 2.19. The molecule has 1 aromatic rings. The van der Waals surface area contributed by atoms with Gasteiger partial charge < -0.3 is 15.7 Å². The molecule has 1 heterocycles. The molecule has 19 heavy (non-hydrogen) atoms. The van der Waals surface area contributed by atoms with Crippen LogP contribution in [-0.4, -0.2) is 30.1 Å². The molecule has 1 aliphatic rings. The minimum absolute atomic E-state index is 0.00315. The molecule has 1 amide bonds. The Kier molecular flexibility index (Phi) is 3.80. The van der Waals surface area contributed by atoms with Gasteiger partial charge in [0.05, 0.1) is 17.2 Å². The lowest BCUT2D eigenvalue weighted by atomic mass is 9.97. The normalized spacial score (nSPS) is 22.2. The van der Waals surface area contributed by atoms with Gasteiger partial charge in [-0.1, -0.05) is 6.92 Å². The van der Waals surface area contributed by atoms with Gasteiger partial charge in [-0.05, 0) is 30.7 Å². The van der Waals surface area contributed by atoms with Crippen molar-refractivity contribution < 1.29 is 19.1 Å². The molecule has 0 unspecified atom stereocenters. The first kappa shape index (κ1) is 13.5. The summed E-state index contributed by atoms with van der Waals surface area (Å²) >= 11 is 0. The van der Waals surface area contributed by atoms with Crippen LogP contribution in [0.25, 0.3) is 0 Å². The zero-order chi connectivity index (χ0) is 14.0. The number of carboxylic acid groups (broad SMARTS) is 1. The molecule has 102 valence electrons. The van der Waals surface area contributed by atoms with Crippen molar-refractivity contribution in [1.82, 2.24) is 5.32 Å². The van der Waals surface area contributed by atoms with Crippen LogP contribution in [0.4, 0.5) is 10.1 Å². The molecular weight excluding hydrogens is 251 g/mol. The van der Waals surface area contributed by atoms with E-state index in [0.717, 1.165) is 24.7 Å². The maximum Gasteiger partial charge on any atom is 0.337 e. The molecule has 1 aromatic carbocycles. The Bertz CT molecular complexity index is 519. The summed E-state index contributed by atoms with van der Waals surface area (Å²) in [6.45, 7) is 3.23. The highest BCUT2D eigenvalue weighted by Gasteiger charge is 2.30. The van der Waals surface area contributed by atoms with Crippen LogP contribution < -0.4 is 10.6 Å². The monoisotopic (exact) mass is 266 g/mol. The highest BCUT2D eigenvalue weighted by atomic mass is 19.1. The maximum absolute atomic E-state index is 13.2. The quantitative estimate of drug-likeness (QED) is 0.771. The molecule has 3 N–H and O–H groups in total. The smallest absolute Gasteiger partial charge is 0.337 e. The number of nitrogens with one attached hydrogen (secondary N) is 2. The molecule has 1 fully saturated rings. The van der Waals surface area contributed by atoms with Crippen molar-refractivity contribution in [2.75, 3.05) is 18.4 Å². The third kappa shape index (κ3) is 2.90. The van der Waals surface area contributed by atoms with Gasteiger partial charge in [-0.3, -0.25) is 4.79 Å². The SMILES string of the molecule is C[C@@H]1CNC[C@H]1C(=O)Nc1cc(F)ccc1C(=O)O. The molecule has 0 radical (unpaired) electrons. The molecular formula is C13H15FN2O3. The zero-order valence-corrected chi connectivity index (χ0v) is 10.4. The fourth-order valence-corrected chi connectivity index (χ4v) is 2.19. The Balaban J connectivity index is 2.20. The molecule has 1 saturated heterocycles. The van der Waals surface area contributed by atoms with Crippen LogP contribution in [-0.2, 0) is 4.79 Å². The Hall–Kier alpha value is -1.95. The lowest BCUT2D eigenvalue weighted by Gasteiger charge is -2.15. The first-order chi connectivity index (χ1) is 8.99. The highest BCUT2D eigenvalue weighted by Crippen LogP contribution is 2.21. The predicted octanol–water partition coefficient (Wildman–Crippen LogP) is 1.32. The van der Waals surface area contributed by atoms with Crippen molar-refractivity contribution >= 4 is 17.6 Å². The maximum atomic E-state index is 13.2. The third-order valence-electron chi connectivity index (χ3n) is 3.32. The van der Waals surface area contributed by atoms with E-state index in [2.05, 4.69) is 10.6 Å². The van der Waals surface area contributed by atoms with Crippen LogP contribution in [0.3, 0.4) is 0 Å². The molecule has 0 bridgehead atoms. The van der Waals surface area contributed by atoms with Crippen molar-refractivity contribution in [3.63, 3.8) is 0 Å². The van der Waals surface area contributed by atoms with Gasteiger partial charge in [-0.25, -0.2) is 9.18 Å². The number of carbonyl (C=O) groups is 2. The van der Waals surface area contributed by atoms with E-state index in [9.17, 15) is 14.0 Å². The number of benzene rings is 1. The number of carbonyl (C=O) groups excluding carboxylic acids is 1. The van der Waals surface area contributed by atoms with Gasteiger partial charge in [0.25, 0.3) is 0 Å². The summed E-state index contributed by atoms with van der Waals surface area (Å²) in [5, 5.41) is 14.6. The molecule has 2 atom stereocenters. The number of aromatic carboxylic acids is 1. The zero-order valence-electron chi connectivity index (χ0n) is 10.4. The van der Waals surface area contributed by atoms with Crippen molar-refractivity contribution in [1.29, 1.82) is 0 Å². The number of hydrogen-bond acceptors (Lipinski definition) is 3. The third-order valence-corrected chi connectivity index (χ3v) is 3.32. The average molecular weight is 266 g/mol. The molecule has 6 heteroatoms. The minimum atomic E-state index is -1.20. The van der Waals surface area contributed by atoms with E-state index in [1.165, 1.54) is 0 Å². The van der Waals surface area contributed by atoms with Gasteiger partial charge in [-0.15, -0.1) is 0 Å². The lowest BCUT2D eigenvalue weighted by Crippen LogP contribution is -2.28. The molecule has 1 aliphatic heterocycles. The average Bonchev–Trinajstić information content (AvgIpc) is 2.75. The second-order valence-corrected chi connectivity index (χ2v) is 4.73. The number of hydrogen-bond donors (Lipinski definition) is 3. The lowest BCUT2D eigenvalue weighted by molar-refractivity contribution is -0.120. The number of carboxylic acids is 1. The van der Waals surface area contributed by atoms with Crippen LogP contribution in [0.15, 0.2) is 18.2 Å². The summed E-state index contributed by atoms with van der Waals surface area (Å²) in [7, 11) is 0. The molecule has 2 rings (SSSR count). The molecule has 0 spiro atoms. The van der Waals surface area contributed by atoms with Crippen LogP contribution >= 0.6 is 0 Å². The van der Waals surface area contributed by atoms with Gasteiger partial charge in [0.15, 0.2) is 0 Å². The van der Waals surface area contributed by atoms with Crippen molar-refractivity contribution in [2.24, 2.45) is 11.8 Å². The highest BCUT2D eigenvalue weighted by molar-refractivity contribution is 6.01. The number of amides is 1. The predicted molar refractivity (Wildman–Crippen MR) is 67.5 cm³/mol. The van der Waals surface area contributed by atoms with E-state index >= 15 is 0 Å². The Morgan fingerprint density at radius 3 is 2.74 bits per heavy atom. The number of anilines is 1. The van der Waals surface area contributed by atoms with Gasteiger partial charge in [-0.2, -0.15) is 0 Å². The van der Waals surface area contributed by atoms with E-state index in [-0.39, 0.29) is 29.0 Å². The Morgan fingerprint density at radius 1 is 1.42 bits per heavy atom. The van der Waals surface area contributed by atoms with Crippen molar-refractivity contribution in [2.45, 2.75) is 6.92 Å². The molecule has 0 aromatic heterocycles. The number of rotatable bonds is 3. The van der Waals surface area contributed by atoms with E-state index in [1.807, 2.05) is 6.92 Å². The molecule has 0 aliphatic carbocycles.